The van der Waals surface area contributed by atoms with Gasteiger partial charge in [0.1, 0.15) is 23.8 Å². The fourth-order valence-electron chi connectivity index (χ4n) is 1.19. The van der Waals surface area contributed by atoms with E-state index in [-0.39, 0.29) is 35.3 Å². The smallest absolute Gasteiger partial charge is 0.322 e. The second kappa shape index (κ2) is 10.7. The van der Waals surface area contributed by atoms with E-state index in [9.17, 15) is 18.3 Å². The lowest BCUT2D eigenvalue weighted by Crippen LogP contribution is -2.49. The molecule has 116 valence electrons. The van der Waals surface area contributed by atoms with Crippen LogP contribution in [0, 0.1) is 0 Å². The van der Waals surface area contributed by atoms with Gasteiger partial charge < -0.3 is 21.5 Å². The Bertz CT molecular complexity index is 344. The zero-order chi connectivity index (χ0) is 15.5. The Kier molecular flexibility index (Phi) is 10.2. The number of carboxylic acids is 1. The normalized spacial score (nSPS) is 13.3. The molecular weight excluding hydrogens is 309 g/mol. The SMILES string of the molecule is CC(N)CCC(=O)NC(CSSF)C(=O)NCC(=O)O. The van der Waals surface area contributed by atoms with Crippen molar-refractivity contribution in [3.8, 4) is 0 Å². The van der Waals surface area contributed by atoms with Gasteiger partial charge in [-0.05, 0) is 13.3 Å². The van der Waals surface area contributed by atoms with E-state index in [0.717, 1.165) is 10.8 Å². The fourth-order valence-corrected chi connectivity index (χ4v) is 2.17. The maximum absolute atomic E-state index is 12.0. The van der Waals surface area contributed by atoms with E-state index in [2.05, 4.69) is 10.6 Å². The highest BCUT2D eigenvalue weighted by atomic mass is 33.1. The van der Waals surface area contributed by atoms with Gasteiger partial charge in [0, 0.05) is 18.2 Å². The Balaban J connectivity index is 4.35. The molecule has 0 aliphatic rings. The molecule has 7 nitrogen and oxygen atoms in total. The minimum atomic E-state index is -1.20. The van der Waals surface area contributed by atoms with Gasteiger partial charge in [0.15, 0.2) is 0 Å². The fraction of sp³-hybridized carbons (Fsp3) is 0.700. The molecule has 0 fully saturated rings. The van der Waals surface area contributed by atoms with E-state index in [1.807, 2.05) is 0 Å². The lowest BCUT2D eigenvalue weighted by atomic mass is 10.2. The number of amides is 2. The highest BCUT2D eigenvalue weighted by Crippen LogP contribution is 2.22. The highest BCUT2D eigenvalue weighted by Gasteiger charge is 2.21. The summed E-state index contributed by atoms with van der Waals surface area (Å²) in [7, 11) is 0.747. The molecule has 0 aliphatic heterocycles. The summed E-state index contributed by atoms with van der Waals surface area (Å²) in [4.78, 5) is 33.6. The van der Waals surface area contributed by atoms with Gasteiger partial charge in [-0.25, -0.2) is 0 Å². The largest absolute Gasteiger partial charge is 0.480 e. The van der Waals surface area contributed by atoms with Gasteiger partial charge in [0.25, 0.3) is 0 Å². The van der Waals surface area contributed by atoms with Gasteiger partial charge >= 0.3 is 5.97 Å². The first kappa shape index (κ1) is 19.0. The summed E-state index contributed by atoms with van der Waals surface area (Å²) < 4.78 is 12.0. The van der Waals surface area contributed by atoms with Crippen LogP contribution in [0.15, 0.2) is 0 Å². The monoisotopic (exact) mass is 327 g/mol. The second-order valence-corrected chi connectivity index (χ2v) is 5.88. The average molecular weight is 327 g/mol. The number of carbonyl (C=O) groups is 3. The Hall–Kier alpha value is -1.00. The van der Waals surface area contributed by atoms with Crippen molar-refractivity contribution in [2.45, 2.75) is 31.8 Å². The first-order chi connectivity index (χ1) is 9.36. The van der Waals surface area contributed by atoms with Gasteiger partial charge in [-0.1, -0.05) is 10.8 Å². The molecule has 2 amide bonds. The van der Waals surface area contributed by atoms with Crippen LogP contribution in [0.3, 0.4) is 0 Å². The third-order valence-corrected chi connectivity index (χ3v) is 3.41. The zero-order valence-corrected chi connectivity index (χ0v) is 12.6. The summed E-state index contributed by atoms with van der Waals surface area (Å²) in [6.07, 6.45) is 0.605. The lowest BCUT2D eigenvalue weighted by Gasteiger charge is -2.17. The number of nitrogens with one attached hydrogen (secondary N) is 2. The first-order valence-electron chi connectivity index (χ1n) is 5.81. The zero-order valence-electron chi connectivity index (χ0n) is 10.9. The molecule has 2 unspecified atom stereocenters. The van der Waals surface area contributed by atoms with E-state index in [4.69, 9.17) is 10.8 Å². The van der Waals surface area contributed by atoms with Gasteiger partial charge in [0.2, 0.25) is 11.8 Å². The lowest BCUT2D eigenvalue weighted by molar-refractivity contribution is -0.138. The van der Waals surface area contributed by atoms with Crippen molar-refractivity contribution >= 4 is 39.8 Å². The van der Waals surface area contributed by atoms with Crippen molar-refractivity contribution in [1.29, 1.82) is 0 Å². The van der Waals surface area contributed by atoms with Crippen molar-refractivity contribution in [3.05, 3.63) is 0 Å². The van der Waals surface area contributed by atoms with Crippen LogP contribution in [0.5, 0.6) is 0 Å². The molecule has 0 rings (SSSR count). The summed E-state index contributed by atoms with van der Waals surface area (Å²) in [5.41, 5.74) is 5.51. The summed E-state index contributed by atoms with van der Waals surface area (Å²) in [6.45, 7) is 1.19. The van der Waals surface area contributed by atoms with Gasteiger partial charge in [0.05, 0.1) is 0 Å². The molecule has 0 aliphatic carbocycles. The van der Waals surface area contributed by atoms with Crippen molar-refractivity contribution in [1.82, 2.24) is 10.6 Å². The van der Waals surface area contributed by atoms with Gasteiger partial charge in [-0.2, -0.15) is 3.89 Å². The number of aliphatic carboxylic acids is 1. The third-order valence-electron chi connectivity index (χ3n) is 2.17. The second-order valence-electron chi connectivity index (χ2n) is 4.10. The summed E-state index contributed by atoms with van der Waals surface area (Å²) in [5, 5.41) is 13.0. The van der Waals surface area contributed by atoms with Crippen molar-refractivity contribution in [2.75, 3.05) is 12.3 Å². The number of carbonyl (C=O) groups excluding carboxylic acids is 2. The minimum Gasteiger partial charge on any atom is -0.480 e. The molecule has 0 aromatic rings. The standard InChI is InChI=1S/C10H18FN3O4S2/c1-6(12)2-3-8(15)14-7(5-19-20-11)10(18)13-4-9(16)17/h6-7H,2-5,12H2,1H3,(H,13,18)(H,14,15)(H,16,17). The molecule has 0 bridgehead atoms. The molecule has 0 saturated carbocycles. The highest BCUT2D eigenvalue weighted by molar-refractivity contribution is 8.74. The van der Waals surface area contributed by atoms with Crippen LogP contribution in [0.4, 0.5) is 3.89 Å². The number of nitrogens with two attached hydrogens (primary N) is 1. The molecule has 5 N–H and O–H groups in total. The van der Waals surface area contributed by atoms with Crippen LogP contribution >= 0.6 is 22.0 Å². The maximum Gasteiger partial charge on any atom is 0.322 e. The summed E-state index contributed by atoms with van der Waals surface area (Å²) in [5.74, 6) is -2.26. The molecule has 20 heavy (non-hydrogen) atoms. The molecule has 0 aromatic carbocycles. The maximum atomic E-state index is 12.0. The van der Waals surface area contributed by atoms with Crippen LogP contribution in [0.2, 0.25) is 0 Å². The van der Waals surface area contributed by atoms with Crippen molar-refractivity contribution < 1.29 is 23.4 Å². The van der Waals surface area contributed by atoms with E-state index in [1.54, 1.807) is 6.92 Å². The minimum absolute atomic E-state index is 0.00343. The number of hydrogen-bond donors (Lipinski definition) is 4. The van der Waals surface area contributed by atoms with Crippen LogP contribution in [0.25, 0.3) is 0 Å². The molecule has 0 spiro atoms. The topological polar surface area (TPSA) is 122 Å². The van der Waals surface area contributed by atoms with E-state index >= 15 is 0 Å². The molecule has 0 saturated heterocycles. The molecule has 0 radical (unpaired) electrons. The third kappa shape index (κ3) is 9.87. The van der Waals surface area contributed by atoms with E-state index in [0.29, 0.717) is 6.42 Å². The number of halogens is 1. The molecular formula is C10H18FN3O4S2. The van der Waals surface area contributed by atoms with Crippen LogP contribution in [0.1, 0.15) is 19.8 Å². The predicted molar refractivity (Wildman–Crippen MR) is 76.6 cm³/mol. The Morgan fingerprint density at radius 3 is 2.55 bits per heavy atom. The van der Waals surface area contributed by atoms with Crippen molar-refractivity contribution in [2.24, 2.45) is 5.73 Å². The Morgan fingerprint density at radius 1 is 1.40 bits per heavy atom. The van der Waals surface area contributed by atoms with Crippen LogP contribution < -0.4 is 16.4 Å². The molecule has 0 heterocycles. The predicted octanol–water partition coefficient (Wildman–Crippen LogP) is 0.0653. The summed E-state index contributed by atoms with van der Waals surface area (Å²) in [6, 6.07) is -1.13. The molecule has 10 heteroatoms. The number of rotatable bonds is 10. The summed E-state index contributed by atoms with van der Waals surface area (Å²) >= 11 is -0.0339. The van der Waals surface area contributed by atoms with E-state index < -0.39 is 24.5 Å². The Labute approximate surface area is 124 Å². The van der Waals surface area contributed by atoms with Gasteiger partial charge in [-0.15, -0.1) is 0 Å². The first-order valence-corrected chi connectivity index (χ1v) is 8.03. The number of hydrogen-bond acceptors (Lipinski definition) is 6. The van der Waals surface area contributed by atoms with Gasteiger partial charge in [-0.3, -0.25) is 14.4 Å². The van der Waals surface area contributed by atoms with Crippen molar-refractivity contribution in [3.63, 3.8) is 0 Å². The van der Waals surface area contributed by atoms with E-state index in [1.165, 1.54) is 0 Å². The molecule has 0 aromatic heterocycles. The quantitative estimate of drug-likeness (QED) is 0.419. The average Bonchev–Trinajstić information content (AvgIpc) is 2.38. The van der Waals surface area contributed by atoms with Crippen LogP contribution in [-0.4, -0.2) is 47.3 Å². The van der Waals surface area contributed by atoms with Crippen LogP contribution in [-0.2, 0) is 14.4 Å². The number of carboxylic acid groups (broad SMARTS) is 1. The molecule has 2 atom stereocenters. The Morgan fingerprint density at radius 2 is 2.05 bits per heavy atom.